The third-order valence-electron chi connectivity index (χ3n) is 3.47. The first kappa shape index (κ1) is 17.8. The zero-order valence-corrected chi connectivity index (χ0v) is 15.5. The lowest BCUT2D eigenvalue weighted by Crippen LogP contribution is -2.05. The van der Waals surface area contributed by atoms with Crippen molar-refractivity contribution in [3.63, 3.8) is 0 Å². The molecule has 0 spiro atoms. The number of allylic oxidation sites excluding steroid dienone is 1. The summed E-state index contributed by atoms with van der Waals surface area (Å²) in [6.07, 6.45) is 5.64. The molecule has 0 saturated heterocycles. The largest absolute Gasteiger partial charge is 0.491 e. The Morgan fingerprint density at radius 2 is 1.96 bits per heavy atom. The van der Waals surface area contributed by atoms with Crippen LogP contribution in [0.1, 0.15) is 19.4 Å². The summed E-state index contributed by atoms with van der Waals surface area (Å²) in [6, 6.07) is 17.7. The monoisotopic (exact) mass is 364 g/mol. The molecule has 2 aromatic carbocycles. The van der Waals surface area contributed by atoms with Crippen LogP contribution in [-0.2, 0) is 0 Å². The fourth-order valence-corrected chi connectivity index (χ4v) is 2.57. The second-order valence-corrected chi connectivity index (χ2v) is 6.28. The number of ether oxygens (including phenoxy) is 1. The number of hydrogen-bond donors (Lipinski definition) is 1. The van der Waals surface area contributed by atoms with Crippen LogP contribution < -0.4 is 4.74 Å². The maximum atomic E-state index is 5.75. The van der Waals surface area contributed by atoms with Crippen molar-refractivity contribution in [3.05, 3.63) is 71.0 Å². The first-order valence-corrected chi connectivity index (χ1v) is 8.75. The van der Waals surface area contributed by atoms with Crippen LogP contribution in [0.5, 0.6) is 5.75 Å². The first-order chi connectivity index (χ1) is 12.6. The minimum Gasteiger partial charge on any atom is -0.491 e. The van der Waals surface area contributed by atoms with Crippen molar-refractivity contribution in [1.82, 2.24) is 14.9 Å². The number of nitrogens with one attached hydrogen (secondary N) is 1. The van der Waals surface area contributed by atoms with E-state index in [0.717, 1.165) is 16.9 Å². The maximum absolute atomic E-state index is 5.75. The molecule has 5 nitrogen and oxygen atoms in total. The van der Waals surface area contributed by atoms with Gasteiger partial charge in [0.05, 0.1) is 6.10 Å². The van der Waals surface area contributed by atoms with Crippen molar-refractivity contribution in [1.29, 1.82) is 0 Å². The van der Waals surface area contributed by atoms with Gasteiger partial charge in [0.1, 0.15) is 5.75 Å². The quantitative estimate of drug-likeness (QED) is 0.498. The van der Waals surface area contributed by atoms with E-state index in [1.54, 1.807) is 10.9 Å². The molecule has 0 unspecified atom stereocenters. The molecule has 3 aromatic rings. The number of hydrogen-bond acceptors (Lipinski definition) is 4. The summed E-state index contributed by atoms with van der Waals surface area (Å²) in [6.45, 7) is 3.98. The number of H-pyrrole nitrogens is 1. The Labute approximate surface area is 157 Å². The highest BCUT2D eigenvalue weighted by Crippen LogP contribution is 2.23. The molecule has 3 rings (SSSR count). The fourth-order valence-electron chi connectivity index (χ4n) is 2.39. The molecule has 1 aromatic heterocycles. The fraction of sp³-hybridized carbons (Fsp3) is 0.150. The Kier molecular flexibility index (Phi) is 5.76. The normalized spacial score (nSPS) is 11.7. The van der Waals surface area contributed by atoms with E-state index in [9.17, 15) is 0 Å². The summed E-state index contributed by atoms with van der Waals surface area (Å²) >= 11 is 5.29. The van der Waals surface area contributed by atoms with E-state index in [1.165, 1.54) is 0 Å². The van der Waals surface area contributed by atoms with Crippen LogP contribution in [0.4, 0.5) is 0 Å². The van der Waals surface area contributed by atoms with Crippen LogP contribution in [-0.4, -0.2) is 27.2 Å². The van der Waals surface area contributed by atoms with Crippen molar-refractivity contribution < 1.29 is 4.74 Å². The SMILES string of the molecule is CC(C)Oc1cccc(-c2n[nH]c(=S)n2/N=C\C=C\c2ccccc2)c1. The van der Waals surface area contributed by atoms with E-state index in [-0.39, 0.29) is 6.10 Å². The van der Waals surface area contributed by atoms with Crippen LogP contribution in [0.15, 0.2) is 65.8 Å². The van der Waals surface area contributed by atoms with Crippen molar-refractivity contribution in [2.24, 2.45) is 5.10 Å². The molecule has 0 aliphatic rings. The van der Waals surface area contributed by atoms with E-state index in [0.29, 0.717) is 10.6 Å². The van der Waals surface area contributed by atoms with Crippen molar-refractivity contribution >= 4 is 24.5 Å². The van der Waals surface area contributed by atoms with Gasteiger partial charge in [-0.15, -0.1) is 0 Å². The topological polar surface area (TPSA) is 55.2 Å². The average Bonchev–Trinajstić information content (AvgIpc) is 3.00. The molecule has 0 atom stereocenters. The first-order valence-electron chi connectivity index (χ1n) is 8.34. The lowest BCUT2D eigenvalue weighted by atomic mass is 10.2. The van der Waals surface area contributed by atoms with Crippen molar-refractivity contribution in [3.8, 4) is 17.1 Å². The molecule has 0 radical (unpaired) electrons. The van der Waals surface area contributed by atoms with Crippen LogP contribution in [0, 0.1) is 4.77 Å². The molecule has 0 aliphatic heterocycles. The lowest BCUT2D eigenvalue weighted by molar-refractivity contribution is 0.242. The van der Waals surface area contributed by atoms with Crippen molar-refractivity contribution in [2.75, 3.05) is 0 Å². The Morgan fingerprint density at radius 3 is 2.73 bits per heavy atom. The second kappa shape index (κ2) is 8.40. The molecule has 26 heavy (non-hydrogen) atoms. The molecule has 0 aliphatic carbocycles. The van der Waals surface area contributed by atoms with Gasteiger partial charge in [0, 0.05) is 11.8 Å². The van der Waals surface area contributed by atoms with E-state index >= 15 is 0 Å². The third kappa shape index (κ3) is 4.55. The highest BCUT2D eigenvalue weighted by atomic mass is 32.1. The molecule has 1 N–H and O–H groups in total. The summed E-state index contributed by atoms with van der Waals surface area (Å²) in [5.41, 5.74) is 1.98. The van der Waals surface area contributed by atoms with E-state index in [4.69, 9.17) is 17.0 Å². The molecule has 0 saturated carbocycles. The Morgan fingerprint density at radius 1 is 1.15 bits per heavy atom. The van der Waals surface area contributed by atoms with E-state index in [2.05, 4.69) is 15.3 Å². The third-order valence-corrected chi connectivity index (χ3v) is 3.74. The summed E-state index contributed by atoms with van der Waals surface area (Å²) in [5.74, 6) is 1.42. The minimum atomic E-state index is 0.104. The van der Waals surface area contributed by atoms with E-state index in [1.807, 2.05) is 80.6 Å². The number of benzene rings is 2. The van der Waals surface area contributed by atoms with Crippen LogP contribution in [0.2, 0.25) is 0 Å². The van der Waals surface area contributed by atoms with Gasteiger partial charge in [0.15, 0.2) is 5.82 Å². The van der Waals surface area contributed by atoms with Gasteiger partial charge >= 0.3 is 0 Å². The predicted molar refractivity (Wildman–Crippen MR) is 108 cm³/mol. The molecule has 0 amide bonds. The van der Waals surface area contributed by atoms with Gasteiger partial charge in [-0.3, -0.25) is 0 Å². The van der Waals surface area contributed by atoms with Gasteiger partial charge in [-0.2, -0.15) is 14.9 Å². The Hall–Kier alpha value is -2.99. The Balaban J connectivity index is 1.84. The second-order valence-electron chi connectivity index (χ2n) is 5.89. The lowest BCUT2D eigenvalue weighted by Gasteiger charge is -2.10. The number of rotatable bonds is 6. The minimum absolute atomic E-state index is 0.104. The zero-order valence-electron chi connectivity index (χ0n) is 14.7. The van der Waals surface area contributed by atoms with Gasteiger partial charge in [-0.1, -0.05) is 48.5 Å². The number of nitrogens with zero attached hydrogens (tertiary/aromatic N) is 3. The van der Waals surface area contributed by atoms with Crippen LogP contribution in [0.25, 0.3) is 17.5 Å². The van der Waals surface area contributed by atoms with Gasteiger partial charge in [-0.25, -0.2) is 5.10 Å². The molecule has 1 heterocycles. The molecular formula is C20H20N4OS. The smallest absolute Gasteiger partial charge is 0.216 e. The molecule has 6 heteroatoms. The van der Waals surface area contributed by atoms with Crippen LogP contribution >= 0.6 is 12.2 Å². The highest BCUT2D eigenvalue weighted by Gasteiger charge is 2.09. The molecule has 132 valence electrons. The molecule has 0 fully saturated rings. The van der Waals surface area contributed by atoms with Crippen LogP contribution in [0.3, 0.4) is 0 Å². The maximum Gasteiger partial charge on any atom is 0.216 e. The summed E-state index contributed by atoms with van der Waals surface area (Å²) < 4.78 is 7.77. The number of aromatic nitrogens is 3. The zero-order chi connectivity index (χ0) is 18.4. The Bertz CT molecular complexity index is 971. The van der Waals surface area contributed by atoms with Gasteiger partial charge < -0.3 is 4.74 Å². The number of aromatic amines is 1. The standard InChI is InChI=1S/C20H20N4OS/c1-15(2)25-18-12-6-11-17(14-18)19-22-23-20(26)24(19)21-13-7-10-16-8-4-3-5-9-16/h3-15H,1-2H3,(H,23,26)/b10-7+,21-13-. The molecular weight excluding hydrogens is 344 g/mol. The predicted octanol–water partition coefficient (Wildman–Crippen LogP) is 4.94. The van der Waals surface area contributed by atoms with Gasteiger partial charge in [0.25, 0.3) is 0 Å². The summed E-state index contributed by atoms with van der Waals surface area (Å²) in [7, 11) is 0. The summed E-state index contributed by atoms with van der Waals surface area (Å²) in [5, 5.41) is 11.5. The van der Waals surface area contributed by atoms with Crippen molar-refractivity contribution in [2.45, 2.75) is 20.0 Å². The molecule has 0 bridgehead atoms. The van der Waals surface area contributed by atoms with E-state index < -0.39 is 0 Å². The van der Waals surface area contributed by atoms with Gasteiger partial charge in [0.2, 0.25) is 4.77 Å². The highest BCUT2D eigenvalue weighted by molar-refractivity contribution is 7.71. The average molecular weight is 364 g/mol. The van der Waals surface area contributed by atoms with Gasteiger partial charge in [-0.05, 0) is 49.8 Å². The summed E-state index contributed by atoms with van der Waals surface area (Å²) in [4.78, 5) is 0.